The summed E-state index contributed by atoms with van der Waals surface area (Å²) in [6.45, 7) is 6.31. The topological polar surface area (TPSA) is 82.8 Å². The van der Waals surface area contributed by atoms with Gasteiger partial charge in [-0.3, -0.25) is 14.0 Å². The number of anilines is 2. The molecule has 0 saturated carbocycles. The number of amides is 2. The molecule has 1 saturated heterocycles. The van der Waals surface area contributed by atoms with E-state index in [0.717, 1.165) is 35.7 Å². The van der Waals surface area contributed by atoms with Crippen LogP contribution in [0.2, 0.25) is 0 Å². The van der Waals surface area contributed by atoms with Crippen molar-refractivity contribution in [1.29, 1.82) is 0 Å². The number of imidazole rings is 1. The van der Waals surface area contributed by atoms with Gasteiger partial charge in [-0.1, -0.05) is 12.1 Å². The molecular weight excluding hydrogens is 368 g/mol. The molecule has 1 aromatic carbocycles. The standard InChI is InChI=1S/C21H24N6O2/c1-15-12-22-21-24-19(14-27(21)13-15)25-7-9-26(10-8-25)20(29)11-17-3-5-18(6-4-17)23-16(2)28/h3-6,12-14H,7-11H2,1-2H3,(H,23,28). The molecule has 29 heavy (non-hydrogen) atoms. The SMILES string of the molecule is CC(=O)Nc1ccc(CC(=O)N2CCN(c3cn4cc(C)cnc4n3)CC2)cc1. The lowest BCUT2D eigenvalue weighted by Crippen LogP contribution is -2.49. The number of carbonyl (C=O) groups excluding carboxylic acids is 2. The molecule has 0 atom stereocenters. The molecule has 1 aliphatic rings. The summed E-state index contributed by atoms with van der Waals surface area (Å²) in [6.07, 6.45) is 6.17. The summed E-state index contributed by atoms with van der Waals surface area (Å²) in [7, 11) is 0. The smallest absolute Gasteiger partial charge is 0.235 e. The fourth-order valence-electron chi connectivity index (χ4n) is 3.51. The van der Waals surface area contributed by atoms with Crippen LogP contribution in [-0.4, -0.2) is 57.3 Å². The number of carbonyl (C=O) groups is 2. The van der Waals surface area contributed by atoms with Gasteiger partial charge in [-0.05, 0) is 30.2 Å². The Labute approximate surface area is 169 Å². The van der Waals surface area contributed by atoms with Gasteiger partial charge in [0, 0.05) is 51.2 Å². The number of aromatic nitrogens is 3. The Morgan fingerprint density at radius 1 is 1.07 bits per heavy atom. The summed E-state index contributed by atoms with van der Waals surface area (Å²) in [4.78, 5) is 36.8. The van der Waals surface area contributed by atoms with Gasteiger partial charge in [-0.25, -0.2) is 4.98 Å². The Hall–Kier alpha value is -3.42. The Kier molecular flexibility index (Phi) is 5.16. The van der Waals surface area contributed by atoms with Crippen LogP contribution in [0.5, 0.6) is 0 Å². The first kappa shape index (κ1) is 18.9. The largest absolute Gasteiger partial charge is 0.352 e. The second-order valence-electron chi connectivity index (χ2n) is 7.36. The molecule has 0 spiro atoms. The first-order valence-electron chi connectivity index (χ1n) is 9.68. The van der Waals surface area contributed by atoms with Gasteiger partial charge in [-0.2, -0.15) is 4.98 Å². The first-order valence-corrected chi connectivity index (χ1v) is 9.68. The monoisotopic (exact) mass is 392 g/mol. The van der Waals surface area contributed by atoms with Gasteiger partial charge >= 0.3 is 0 Å². The van der Waals surface area contributed by atoms with Crippen LogP contribution >= 0.6 is 0 Å². The molecule has 1 N–H and O–H groups in total. The molecule has 1 aliphatic heterocycles. The van der Waals surface area contributed by atoms with E-state index in [2.05, 4.69) is 20.2 Å². The van der Waals surface area contributed by atoms with Crippen molar-refractivity contribution >= 4 is 29.1 Å². The summed E-state index contributed by atoms with van der Waals surface area (Å²) in [5.74, 6) is 1.59. The van der Waals surface area contributed by atoms with Crippen LogP contribution in [0.4, 0.5) is 11.5 Å². The minimum Gasteiger partial charge on any atom is -0.352 e. The van der Waals surface area contributed by atoms with E-state index in [-0.39, 0.29) is 11.8 Å². The predicted octanol–water partition coefficient (Wildman–Crippen LogP) is 1.89. The summed E-state index contributed by atoms with van der Waals surface area (Å²) in [5.41, 5.74) is 2.76. The predicted molar refractivity (Wildman–Crippen MR) is 111 cm³/mol. The summed E-state index contributed by atoms with van der Waals surface area (Å²) in [5, 5.41) is 2.73. The second kappa shape index (κ2) is 7.90. The van der Waals surface area contributed by atoms with Crippen LogP contribution in [0.1, 0.15) is 18.1 Å². The molecule has 3 aromatic rings. The third kappa shape index (κ3) is 4.37. The minimum atomic E-state index is -0.108. The third-order valence-corrected chi connectivity index (χ3v) is 5.01. The maximum absolute atomic E-state index is 12.7. The van der Waals surface area contributed by atoms with Gasteiger partial charge in [0.2, 0.25) is 17.6 Å². The molecule has 2 aromatic heterocycles. The molecule has 0 bridgehead atoms. The highest BCUT2D eigenvalue weighted by atomic mass is 16.2. The van der Waals surface area contributed by atoms with Crippen molar-refractivity contribution in [1.82, 2.24) is 19.3 Å². The Balaban J connectivity index is 1.33. The first-order chi connectivity index (χ1) is 14.0. The molecule has 8 nitrogen and oxygen atoms in total. The average molecular weight is 392 g/mol. The number of fused-ring (bicyclic) bond motifs is 1. The Morgan fingerprint density at radius 2 is 1.79 bits per heavy atom. The summed E-state index contributed by atoms with van der Waals surface area (Å²) < 4.78 is 1.94. The van der Waals surface area contributed by atoms with Gasteiger partial charge in [0.1, 0.15) is 5.82 Å². The van der Waals surface area contributed by atoms with Crippen molar-refractivity contribution in [2.75, 3.05) is 36.4 Å². The van der Waals surface area contributed by atoms with Crippen molar-refractivity contribution in [2.24, 2.45) is 0 Å². The maximum Gasteiger partial charge on any atom is 0.235 e. The van der Waals surface area contributed by atoms with E-state index in [1.165, 1.54) is 6.92 Å². The van der Waals surface area contributed by atoms with Crippen molar-refractivity contribution in [3.8, 4) is 0 Å². The number of hydrogen-bond donors (Lipinski definition) is 1. The van der Waals surface area contributed by atoms with E-state index in [9.17, 15) is 9.59 Å². The van der Waals surface area contributed by atoms with Crippen LogP contribution in [-0.2, 0) is 16.0 Å². The third-order valence-electron chi connectivity index (χ3n) is 5.01. The molecule has 8 heteroatoms. The van der Waals surface area contributed by atoms with Crippen LogP contribution < -0.4 is 10.2 Å². The molecular formula is C21H24N6O2. The van der Waals surface area contributed by atoms with Crippen LogP contribution in [0, 0.1) is 6.92 Å². The fraction of sp³-hybridized carbons (Fsp3) is 0.333. The second-order valence-corrected chi connectivity index (χ2v) is 7.36. The normalized spacial score (nSPS) is 14.3. The number of aryl methyl sites for hydroxylation is 1. The number of rotatable bonds is 4. The van der Waals surface area contributed by atoms with E-state index in [1.54, 1.807) is 0 Å². The molecule has 0 aliphatic carbocycles. The lowest BCUT2D eigenvalue weighted by molar-refractivity contribution is -0.130. The fourth-order valence-corrected chi connectivity index (χ4v) is 3.51. The average Bonchev–Trinajstić information content (AvgIpc) is 3.12. The van der Waals surface area contributed by atoms with E-state index >= 15 is 0 Å². The highest BCUT2D eigenvalue weighted by molar-refractivity contribution is 5.88. The molecule has 150 valence electrons. The molecule has 2 amide bonds. The van der Waals surface area contributed by atoms with Crippen LogP contribution in [0.3, 0.4) is 0 Å². The Morgan fingerprint density at radius 3 is 2.48 bits per heavy atom. The summed E-state index contributed by atoms with van der Waals surface area (Å²) >= 11 is 0. The van der Waals surface area contributed by atoms with E-state index in [4.69, 9.17) is 0 Å². The molecule has 0 unspecified atom stereocenters. The van der Waals surface area contributed by atoms with Gasteiger partial charge in [-0.15, -0.1) is 0 Å². The molecule has 1 fully saturated rings. The van der Waals surface area contributed by atoms with Gasteiger partial charge in [0.25, 0.3) is 0 Å². The molecule has 4 rings (SSSR count). The van der Waals surface area contributed by atoms with Crippen molar-refractivity contribution in [2.45, 2.75) is 20.3 Å². The Bertz CT molecular complexity index is 1040. The number of nitrogens with zero attached hydrogens (tertiary/aromatic N) is 5. The van der Waals surface area contributed by atoms with E-state index < -0.39 is 0 Å². The number of hydrogen-bond acceptors (Lipinski definition) is 5. The lowest BCUT2D eigenvalue weighted by atomic mass is 10.1. The zero-order chi connectivity index (χ0) is 20.4. The van der Waals surface area contributed by atoms with Gasteiger partial charge in [0.05, 0.1) is 12.6 Å². The van der Waals surface area contributed by atoms with Crippen molar-refractivity contribution < 1.29 is 9.59 Å². The number of benzene rings is 1. The zero-order valence-electron chi connectivity index (χ0n) is 16.6. The van der Waals surface area contributed by atoms with Crippen molar-refractivity contribution in [3.05, 3.63) is 54.0 Å². The highest BCUT2D eigenvalue weighted by Crippen LogP contribution is 2.17. The van der Waals surface area contributed by atoms with E-state index in [0.29, 0.717) is 25.3 Å². The quantitative estimate of drug-likeness (QED) is 0.733. The molecule has 0 radical (unpaired) electrons. The molecule has 3 heterocycles. The lowest BCUT2D eigenvalue weighted by Gasteiger charge is -2.34. The van der Waals surface area contributed by atoms with Crippen molar-refractivity contribution in [3.63, 3.8) is 0 Å². The number of nitrogens with one attached hydrogen (secondary N) is 1. The maximum atomic E-state index is 12.7. The zero-order valence-corrected chi connectivity index (χ0v) is 16.6. The van der Waals surface area contributed by atoms with Crippen LogP contribution in [0.15, 0.2) is 42.9 Å². The van der Waals surface area contributed by atoms with Gasteiger partial charge in [0.15, 0.2) is 0 Å². The number of piperazine rings is 1. The highest BCUT2D eigenvalue weighted by Gasteiger charge is 2.23. The van der Waals surface area contributed by atoms with Gasteiger partial charge < -0.3 is 15.1 Å². The summed E-state index contributed by atoms with van der Waals surface area (Å²) in [6, 6.07) is 7.40. The van der Waals surface area contributed by atoms with Crippen LogP contribution in [0.25, 0.3) is 5.78 Å². The minimum absolute atomic E-state index is 0.108. The van der Waals surface area contributed by atoms with E-state index in [1.807, 2.05) is 59.1 Å².